The fraction of sp³-hybridized carbons (Fsp3) is 0.0833. The molecule has 68 valence electrons. The van der Waals surface area contributed by atoms with Crippen molar-refractivity contribution in [1.29, 1.82) is 0 Å². The lowest BCUT2D eigenvalue weighted by Crippen LogP contribution is -1.94. The summed E-state index contributed by atoms with van der Waals surface area (Å²) in [6, 6.07) is 0. The summed E-state index contributed by atoms with van der Waals surface area (Å²) in [4.78, 5) is 4.02. The Labute approximate surface area is 82.6 Å². The summed E-state index contributed by atoms with van der Waals surface area (Å²) in [7, 11) is 0. The van der Waals surface area contributed by atoms with E-state index in [1.54, 1.807) is 0 Å². The molecule has 0 aromatic carbocycles. The van der Waals surface area contributed by atoms with Crippen LogP contribution in [0.1, 0.15) is 0 Å². The van der Waals surface area contributed by atoms with Crippen LogP contribution in [0, 0.1) is 0 Å². The first-order chi connectivity index (χ1) is 6.92. The molecule has 2 nitrogen and oxygen atoms in total. The van der Waals surface area contributed by atoms with Crippen molar-refractivity contribution in [2.75, 3.05) is 0 Å². The van der Waals surface area contributed by atoms with E-state index in [9.17, 15) is 0 Å². The van der Waals surface area contributed by atoms with Crippen LogP contribution in [0.4, 0.5) is 0 Å². The molecule has 14 heavy (non-hydrogen) atoms. The largest absolute Gasteiger partial charge is 0.333 e. The second-order valence-electron chi connectivity index (χ2n) is 3.54. The maximum Gasteiger partial charge on any atom is 0.0949 e. The van der Waals surface area contributed by atoms with E-state index in [0.29, 0.717) is 0 Å². The zero-order valence-corrected chi connectivity index (χ0v) is 7.72. The first-order valence-corrected chi connectivity index (χ1v) is 4.68. The molecule has 0 saturated heterocycles. The molecule has 1 aromatic heterocycles. The van der Waals surface area contributed by atoms with Gasteiger partial charge in [-0.3, -0.25) is 0 Å². The third-order valence-electron chi connectivity index (χ3n) is 2.49. The summed E-state index contributed by atoms with van der Waals surface area (Å²) < 4.78 is 2.08. The molecule has 0 fully saturated rings. The van der Waals surface area contributed by atoms with E-state index in [2.05, 4.69) is 39.9 Å². The number of nitrogens with zero attached hydrogens (tertiary/aromatic N) is 2. The Morgan fingerprint density at radius 3 is 3.00 bits per heavy atom. The van der Waals surface area contributed by atoms with Gasteiger partial charge >= 0.3 is 0 Å². The molecule has 1 heterocycles. The van der Waals surface area contributed by atoms with E-state index < -0.39 is 0 Å². The van der Waals surface area contributed by atoms with Crippen molar-refractivity contribution in [3.8, 4) is 0 Å². The van der Waals surface area contributed by atoms with Gasteiger partial charge in [0.15, 0.2) is 0 Å². The van der Waals surface area contributed by atoms with Crippen LogP contribution < -0.4 is 0 Å². The van der Waals surface area contributed by atoms with Crippen LogP contribution >= 0.6 is 0 Å². The van der Waals surface area contributed by atoms with Crippen molar-refractivity contribution in [2.45, 2.75) is 6.54 Å². The fourth-order valence-electron chi connectivity index (χ4n) is 1.83. The van der Waals surface area contributed by atoms with Crippen molar-refractivity contribution >= 4 is 0 Å². The molecular weight excluding hydrogens is 172 g/mol. The molecule has 0 radical (unpaired) electrons. The lowest BCUT2D eigenvalue weighted by Gasteiger charge is -1.99. The number of allylic oxidation sites excluding steroid dienone is 8. The average Bonchev–Trinajstić information content (AvgIpc) is 2.78. The Morgan fingerprint density at radius 1 is 1.21 bits per heavy atom. The summed E-state index contributed by atoms with van der Waals surface area (Å²) in [6.45, 7) is 0.911. The Balaban J connectivity index is 1.84. The zero-order chi connectivity index (χ0) is 9.38. The monoisotopic (exact) mass is 182 g/mol. The molecule has 3 rings (SSSR count). The van der Waals surface area contributed by atoms with Gasteiger partial charge in [-0.25, -0.2) is 4.98 Å². The number of imidazole rings is 1. The summed E-state index contributed by atoms with van der Waals surface area (Å²) in [5, 5.41) is 0. The molecule has 2 aliphatic rings. The predicted octanol–water partition coefficient (Wildman–Crippen LogP) is 2.25. The van der Waals surface area contributed by atoms with Gasteiger partial charge in [-0.2, -0.15) is 0 Å². The van der Waals surface area contributed by atoms with E-state index in [-0.39, 0.29) is 0 Å². The lowest BCUT2D eigenvalue weighted by molar-refractivity contribution is 0.798. The SMILES string of the molecule is C1=CC2=CC(Cn3ccnc3)=CC2=C1. The molecule has 2 aliphatic carbocycles. The molecule has 2 heteroatoms. The van der Waals surface area contributed by atoms with Crippen molar-refractivity contribution in [1.82, 2.24) is 9.55 Å². The molecule has 0 aliphatic heterocycles. The Bertz CT molecular complexity index is 470. The number of rotatable bonds is 2. The molecule has 0 saturated carbocycles. The van der Waals surface area contributed by atoms with Gasteiger partial charge in [0.2, 0.25) is 0 Å². The highest BCUT2D eigenvalue weighted by Crippen LogP contribution is 2.28. The van der Waals surface area contributed by atoms with E-state index in [1.807, 2.05) is 18.7 Å². The molecule has 0 N–H and O–H groups in total. The van der Waals surface area contributed by atoms with Gasteiger partial charge in [-0.05, 0) is 28.9 Å². The minimum absolute atomic E-state index is 0.911. The summed E-state index contributed by atoms with van der Waals surface area (Å²) >= 11 is 0. The van der Waals surface area contributed by atoms with Gasteiger partial charge in [-0.1, -0.05) is 18.2 Å². The minimum Gasteiger partial charge on any atom is -0.333 e. The van der Waals surface area contributed by atoms with Gasteiger partial charge in [0.25, 0.3) is 0 Å². The number of hydrogen-bond donors (Lipinski definition) is 0. The Hall–Kier alpha value is -1.83. The van der Waals surface area contributed by atoms with E-state index in [1.165, 1.54) is 16.7 Å². The fourth-order valence-corrected chi connectivity index (χ4v) is 1.83. The van der Waals surface area contributed by atoms with Crippen molar-refractivity contribution in [2.24, 2.45) is 0 Å². The number of fused-ring (bicyclic) bond motifs is 1. The third-order valence-corrected chi connectivity index (χ3v) is 2.49. The predicted molar refractivity (Wildman–Crippen MR) is 55.6 cm³/mol. The first kappa shape index (κ1) is 7.56. The summed E-state index contributed by atoms with van der Waals surface area (Å²) in [5.74, 6) is 0. The Kier molecular flexibility index (Phi) is 1.53. The van der Waals surface area contributed by atoms with Gasteiger partial charge < -0.3 is 4.57 Å². The van der Waals surface area contributed by atoms with Crippen molar-refractivity contribution in [3.63, 3.8) is 0 Å². The highest BCUT2D eigenvalue weighted by Gasteiger charge is 2.12. The number of hydrogen-bond acceptors (Lipinski definition) is 1. The van der Waals surface area contributed by atoms with Crippen LogP contribution in [0.25, 0.3) is 0 Å². The maximum atomic E-state index is 4.02. The third kappa shape index (κ3) is 1.16. The van der Waals surface area contributed by atoms with Gasteiger partial charge in [0, 0.05) is 18.9 Å². The van der Waals surface area contributed by atoms with Crippen LogP contribution in [0.3, 0.4) is 0 Å². The normalized spacial score (nSPS) is 17.9. The zero-order valence-electron chi connectivity index (χ0n) is 7.72. The molecule has 0 atom stereocenters. The maximum absolute atomic E-state index is 4.02. The van der Waals surface area contributed by atoms with Crippen LogP contribution in [0.15, 0.2) is 65.8 Å². The quantitative estimate of drug-likeness (QED) is 0.686. The van der Waals surface area contributed by atoms with Crippen LogP contribution in [0.2, 0.25) is 0 Å². The highest BCUT2D eigenvalue weighted by atomic mass is 15.0. The minimum atomic E-state index is 0.911. The van der Waals surface area contributed by atoms with Gasteiger partial charge in [-0.15, -0.1) is 0 Å². The van der Waals surface area contributed by atoms with E-state index in [0.717, 1.165) is 6.54 Å². The Morgan fingerprint density at radius 2 is 2.21 bits per heavy atom. The smallest absolute Gasteiger partial charge is 0.0949 e. The average molecular weight is 182 g/mol. The van der Waals surface area contributed by atoms with Crippen LogP contribution in [0.5, 0.6) is 0 Å². The van der Waals surface area contributed by atoms with Crippen molar-refractivity contribution < 1.29 is 0 Å². The molecule has 0 spiro atoms. The highest BCUT2D eigenvalue weighted by molar-refractivity contribution is 5.62. The first-order valence-electron chi connectivity index (χ1n) is 4.68. The lowest BCUT2D eigenvalue weighted by atomic mass is 10.2. The second kappa shape index (κ2) is 2.84. The summed E-state index contributed by atoms with van der Waals surface area (Å²) in [6.07, 6.45) is 16.5. The van der Waals surface area contributed by atoms with E-state index >= 15 is 0 Å². The standard InChI is InChI=1S/C12H10N2/c1-2-11-6-10(7-12(11)3-1)8-14-5-4-13-9-14/h1-7,9H,8H2. The molecule has 0 bridgehead atoms. The van der Waals surface area contributed by atoms with Crippen LogP contribution in [-0.4, -0.2) is 9.55 Å². The second-order valence-corrected chi connectivity index (χ2v) is 3.54. The molecular formula is C12H10N2. The topological polar surface area (TPSA) is 17.8 Å². The van der Waals surface area contributed by atoms with Crippen molar-refractivity contribution in [3.05, 3.63) is 65.8 Å². The molecule has 1 aromatic rings. The van der Waals surface area contributed by atoms with Gasteiger partial charge in [0.05, 0.1) is 6.33 Å². The molecule has 0 amide bonds. The van der Waals surface area contributed by atoms with Crippen LogP contribution in [-0.2, 0) is 6.54 Å². The van der Waals surface area contributed by atoms with E-state index in [4.69, 9.17) is 0 Å². The molecule has 0 unspecified atom stereocenters. The summed E-state index contributed by atoms with van der Waals surface area (Å²) in [5.41, 5.74) is 4.01. The number of aromatic nitrogens is 2. The van der Waals surface area contributed by atoms with Gasteiger partial charge in [0.1, 0.15) is 0 Å².